The van der Waals surface area contributed by atoms with Crippen LogP contribution in [0, 0.1) is 13.8 Å². The summed E-state index contributed by atoms with van der Waals surface area (Å²) in [5, 5.41) is 29.9. The summed E-state index contributed by atoms with van der Waals surface area (Å²) >= 11 is 0. The van der Waals surface area contributed by atoms with Crippen molar-refractivity contribution < 1.29 is 10.2 Å². The van der Waals surface area contributed by atoms with E-state index in [1.807, 2.05) is 56.3 Å². The summed E-state index contributed by atoms with van der Waals surface area (Å²) in [6, 6.07) is 13.6. The molecule has 0 fully saturated rings. The van der Waals surface area contributed by atoms with Crippen molar-refractivity contribution in [3.63, 3.8) is 0 Å². The Morgan fingerprint density at radius 3 is 2.36 bits per heavy atom. The first kappa shape index (κ1) is 16.1. The molecule has 0 aliphatic heterocycles. The molecule has 0 saturated carbocycles. The molecule has 2 aromatic rings. The van der Waals surface area contributed by atoms with Crippen LogP contribution in [0.3, 0.4) is 0 Å². The first-order valence-electron chi connectivity index (χ1n) is 7.20. The highest BCUT2D eigenvalue weighted by molar-refractivity contribution is 5.66. The van der Waals surface area contributed by atoms with Gasteiger partial charge in [0.15, 0.2) is 0 Å². The zero-order valence-corrected chi connectivity index (χ0v) is 12.8. The second-order valence-electron chi connectivity index (χ2n) is 5.27. The summed E-state index contributed by atoms with van der Waals surface area (Å²) in [5.74, 6) is 0. The quantitative estimate of drug-likeness (QED) is 0.715. The van der Waals surface area contributed by atoms with Crippen LogP contribution in [0.5, 0.6) is 0 Å². The number of nitrogens with one attached hydrogen (secondary N) is 1. The third-order valence-electron chi connectivity index (χ3n) is 3.20. The molecule has 3 N–H and O–H groups in total. The molecule has 22 heavy (non-hydrogen) atoms. The molecule has 1 unspecified atom stereocenters. The molecule has 0 aliphatic rings. The number of hydrogen-bond donors (Lipinski definition) is 3. The summed E-state index contributed by atoms with van der Waals surface area (Å²) in [4.78, 5) is 0. The summed E-state index contributed by atoms with van der Waals surface area (Å²) in [7, 11) is 0. The fourth-order valence-electron chi connectivity index (χ4n) is 1.89. The van der Waals surface area contributed by atoms with Gasteiger partial charge in [-0.15, -0.1) is 5.11 Å². The monoisotopic (exact) mass is 299 g/mol. The van der Waals surface area contributed by atoms with Crippen molar-refractivity contribution in [1.29, 1.82) is 0 Å². The van der Waals surface area contributed by atoms with Gasteiger partial charge in [-0.25, -0.2) is 0 Å². The number of aryl methyl sites for hydroxylation is 2. The van der Waals surface area contributed by atoms with Crippen molar-refractivity contribution in [2.45, 2.75) is 20.0 Å². The Morgan fingerprint density at radius 1 is 1.00 bits per heavy atom. The van der Waals surface area contributed by atoms with Crippen LogP contribution < -0.4 is 5.32 Å². The Bertz CT molecular complexity index is 639. The van der Waals surface area contributed by atoms with Crippen LogP contribution in [0.4, 0.5) is 17.1 Å². The van der Waals surface area contributed by atoms with Gasteiger partial charge in [0.25, 0.3) is 0 Å². The smallest absolute Gasteiger partial charge is 0.109 e. The minimum absolute atomic E-state index is 0.257. The van der Waals surface area contributed by atoms with Crippen molar-refractivity contribution in [1.82, 2.24) is 0 Å². The molecule has 0 saturated heterocycles. The van der Waals surface area contributed by atoms with E-state index < -0.39 is 6.10 Å². The van der Waals surface area contributed by atoms with Gasteiger partial charge in [0.1, 0.15) is 5.69 Å². The third-order valence-corrected chi connectivity index (χ3v) is 3.20. The molecule has 2 aromatic carbocycles. The number of rotatable bonds is 6. The molecule has 2 rings (SSSR count). The highest BCUT2D eigenvalue weighted by atomic mass is 16.3. The van der Waals surface area contributed by atoms with E-state index >= 15 is 0 Å². The predicted molar refractivity (Wildman–Crippen MR) is 88.1 cm³/mol. The van der Waals surface area contributed by atoms with Crippen molar-refractivity contribution in [2.75, 3.05) is 18.5 Å². The van der Waals surface area contributed by atoms with E-state index in [1.54, 1.807) is 0 Å². The lowest BCUT2D eigenvalue weighted by Gasteiger charge is -2.12. The lowest BCUT2D eigenvalue weighted by molar-refractivity contribution is 0.105. The number of anilines is 1. The second-order valence-corrected chi connectivity index (χ2v) is 5.27. The van der Waals surface area contributed by atoms with Gasteiger partial charge >= 0.3 is 0 Å². The van der Waals surface area contributed by atoms with Crippen LogP contribution in [-0.4, -0.2) is 29.5 Å². The number of azo groups is 1. The van der Waals surface area contributed by atoms with Crippen molar-refractivity contribution >= 4 is 17.1 Å². The highest BCUT2D eigenvalue weighted by Gasteiger charge is 2.05. The Balaban J connectivity index is 2.17. The molecule has 1 atom stereocenters. The van der Waals surface area contributed by atoms with Crippen LogP contribution in [-0.2, 0) is 0 Å². The lowest BCUT2D eigenvalue weighted by atomic mass is 10.2. The standard InChI is InChI=1S/C17H21N3O2/c1-12-3-6-14(7-4-12)19-20-17-9-13(2)5-8-16(17)18-10-15(22)11-21/h3-9,15,18,21-22H,10-11H2,1-2H3. The number of nitrogens with zero attached hydrogens (tertiary/aromatic N) is 2. The normalized spacial score (nSPS) is 12.5. The number of aliphatic hydroxyl groups is 2. The maximum absolute atomic E-state index is 9.43. The fraction of sp³-hybridized carbons (Fsp3) is 0.294. The highest BCUT2D eigenvalue weighted by Crippen LogP contribution is 2.28. The molecule has 5 heteroatoms. The van der Waals surface area contributed by atoms with E-state index in [0.717, 1.165) is 16.9 Å². The van der Waals surface area contributed by atoms with Crippen molar-refractivity contribution in [3.05, 3.63) is 53.6 Å². The van der Waals surface area contributed by atoms with Crippen molar-refractivity contribution in [2.24, 2.45) is 10.2 Å². The van der Waals surface area contributed by atoms with Gasteiger partial charge in [0.2, 0.25) is 0 Å². The molecular weight excluding hydrogens is 278 g/mol. The number of aliphatic hydroxyl groups excluding tert-OH is 2. The summed E-state index contributed by atoms with van der Waals surface area (Å²) in [6.07, 6.45) is -0.803. The predicted octanol–water partition coefficient (Wildman–Crippen LogP) is 3.48. The van der Waals surface area contributed by atoms with E-state index in [0.29, 0.717) is 5.69 Å². The zero-order valence-electron chi connectivity index (χ0n) is 12.8. The largest absolute Gasteiger partial charge is 0.394 e. The summed E-state index contributed by atoms with van der Waals surface area (Å²) in [5.41, 5.74) is 4.51. The lowest BCUT2D eigenvalue weighted by Crippen LogP contribution is -2.22. The molecule has 0 radical (unpaired) electrons. The third kappa shape index (κ3) is 4.65. The summed E-state index contributed by atoms with van der Waals surface area (Å²) in [6.45, 7) is 3.99. The van der Waals surface area contributed by atoms with E-state index in [1.165, 1.54) is 5.56 Å². The SMILES string of the molecule is Cc1ccc(N=Nc2cc(C)ccc2NCC(O)CO)cc1. The molecule has 0 aliphatic carbocycles. The first-order valence-corrected chi connectivity index (χ1v) is 7.20. The fourth-order valence-corrected chi connectivity index (χ4v) is 1.89. The van der Waals surface area contributed by atoms with Crippen LogP contribution in [0.1, 0.15) is 11.1 Å². The van der Waals surface area contributed by atoms with E-state index in [2.05, 4.69) is 15.5 Å². The minimum atomic E-state index is -0.803. The Hall–Kier alpha value is -2.24. The molecule has 116 valence electrons. The average Bonchev–Trinajstić information content (AvgIpc) is 2.53. The average molecular weight is 299 g/mol. The second kappa shape index (κ2) is 7.68. The van der Waals surface area contributed by atoms with Crippen LogP contribution >= 0.6 is 0 Å². The van der Waals surface area contributed by atoms with Crippen LogP contribution in [0.15, 0.2) is 52.7 Å². The zero-order chi connectivity index (χ0) is 15.9. The van der Waals surface area contributed by atoms with E-state index in [9.17, 15) is 5.11 Å². The topological polar surface area (TPSA) is 77.2 Å². The van der Waals surface area contributed by atoms with Gasteiger partial charge in [-0.3, -0.25) is 0 Å². The van der Waals surface area contributed by atoms with Gasteiger partial charge in [-0.2, -0.15) is 5.11 Å². The molecule has 0 spiro atoms. The Kier molecular flexibility index (Phi) is 5.63. The molecule has 0 aromatic heterocycles. The molecular formula is C17H21N3O2. The van der Waals surface area contributed by atoms with Gasteiger partial charge in [0, 0.05) is 6.54 Å². The van der Waals surface area contributed by atoms with Crippen molar-refractivity contribution in [3.8, 4) is 0 Å². The molecule has 5 nitrogen and oxygen atoms in total. The number of hydrogen-bond acceptors (Lipinski definition) is 5. The van der Waals surface area contributed by atoms with Gasteiger partial charge in [0.05, 0.1) is 24.1 Å². The van der Waals surface area contributed by atoms with Crippen LogP contribution in [0.2, 0.25) is 0 Å². The van der Waals surface area contributed by atoms with E-state index in [-0.39, 0.29) is 13.2 Å². The van der Waals surface area contributed by atoms with E-state index in [4.69, 9.17) is 5.11 Å². The Morgan fingerprint density at radius 2 is 1.68 bits per heavy atom. The van der Waals surface area contributed by atoms with Gasteiger partial charge in [-0.05, 0) is 43.7 Å². The maximum atomic E-state index is 9.43. The minimum Gasteiger partial charge on any atom is -0.394 e. The molecule has 0 amide bonds. The number of benzene rings is 2. The van der Waals surface area contributed by atoms with Gasteiger partial charge in [-0.1, -0.05) is 23.8 Å². The van der Waals surface area contributed by atoms with Crippen LogP contribution in [0.25, 0.3) is 0 Å². The van der Waals surface area contributed by atoms with Gasteiger partial charge < -0.3 is 15.5 Å². The molecule has 0 bridgehead atoms. The maximum Gasteiger partial charge on any atom is 0.109 e. The first-order chi connectivity index (χ1) is 10.6. The molecule has 0 heterocycles. The summed E-state index contributed by atoms with van der Waals surface area (Å²) < 4.78 is 0. The Labute approximate surface area is 130 Å².